The maximum Gasteiger partial charge on any atom is 0.394 e. The van der Waals surface area contributed by atoms with Gasteiger partial charge >= 0.3 is 6.18 Å². The lowest BCUT2D eigenvalue weighted by molar-refractivity contribution is -0.182. The molecule has 1 heterocycles. The molecule has 2 nitrogen and oxygen atoms in total. The predicted molar refractivity (Wildman–Crippen MR) is 35.0 cm³/mol. The van der Waals surface area contributed by atoms with Crippen molar-refractivity contribution in [3.63, 3.8) is 0 Å². The highest BCUT2D eigenvalue weighted by molar-refractivity contribution is 4.85. The van der Waals surface area contributed by atoms with Crippen molar-refractivity contribution in [1.29, 1.82) is 0 Å². The molecule has 1 aliphatic rings. The second kappa shape index (κ2) is 2.98. The third-order valence-corrected chi connectivity index (χ3v) is 1.96. The van der Waals surface area contributed by atoms with Crippen molar-refractivity contribution in [3.8, 4) is 0 Å². The number of halogens is 3. The summed E-state index contributed by atoms with van der Waals surface area (Å²) in [5, 5.41) is 2.67. The van der Waals surface area contributed by atoms with Gasteiger partial charge in [-0.2, -0.15) is 13.2 Å². The molecule has 0 saturated carbocycles. The second-order valence-corrected chi connectivity index (χ2v) is 2.80. The summed E-state index contributed by atoms with van der Waals surface area (Å²) in [6.45, 7) is 0.554. The molecule has 66 valence electrons. The Balaban J connectivity index is 2.55. The Hall–Kier alpha value is -0.290. The Bertz CT molecular complexity index is 134. The van der Waals surface area contributed by atoms with Crippen LogP contribution >= 0.6 is 0 Å². The van der Waals surface area contributed by atoms with Gasteiger partial charge in [0, 0.05) is 12.6 Å². The summed E-state index contributed by atoms with van der Waals surface area (Å²) in [6.07, 6.45) is -3.74. The van der Waals surface area contributed by atoms with E-state index in [0.29, 0.717) is 13.0 Å². The largest absolute Gasteiger partial charge is 0.394 e. The lowest BCUT2D eigenvalue weighted by atomic mass is 9.94. The van der Waals surface area contributed by atoms with Crippen molar-refractivity contribution < 1.29 is 13.2 Å². The monoisotopic (exact) mass is 168 g/mol. The van der Waals surface area contributed by atoms with E-state index in [0.717, 1.165) is 0 Å². The van der Waals surface area contributed by atoms with Crippen LogP contribution in [-0.2, 0) is 0 Å². The van der Waals surface area contributed by atoms with Crippen molar-refractivity contribution >= 4 is 0 Å². The molecular formula is C6H11F3N2. The molecule has 3 N–H and O–H groups in total. The van der Waals surface area contributed by atoms with E-state index in [1.54, 1.807) is 0 Å². The van der Waals surface area contributed by atoms with E-state index in [-0.39, 0.29) is 6.54 Å². The van der Waals surface area contributed by atoms with Crippen LogP contribution in [0.2, 0.25) is 0 Å². The van der Waals surface area contributed by atoms with E-state index in [4.69, 9.17) is 5.73 Å². The van der Waals surface area contributed by atoms with E-state index in [1.165, 1.54) is 0 Å². The van der Waals surface area contributed by atoms with Gasteiger partial charge in [0.1, 0.15) is 0 Å². The molecular weight excluding hydrogens is 157 g/mol. The van der Waals surface area contributed by atoms with Crippen molar-refractivity contribution in [1.82, 2.24) is 5.32 Å². The molecule has 2 unspecified atom stereocenters. The number of nitrogens with one attached hydrogen (secondary N) is 1. The summed E-state index contributed by atoms with van der Waals surface area (Å²) < 4.78 is 36.2. The number of alkyl halides is 3. The van der Waals surface area contributed by atoms with Gasteiger partial charge in [0.2, 0.25) is 0 Å². The quantitative estimate of drug-likeness (QED) is 0.552. The fourth-order valence-corrected chi connectivity index (χ4v) is 1.24. The third kappa shape index (κ3) is 2.07. The third-order valence-electron chi connectivity index (χ3n) is 1.96. The highest BCUT2D eigenvalue weighted by Gasteiger charge is 2.44. The zero-order chi connectivity index (χ0) is 8.48. The standard InChI is InChI=1S/C6H11F3N2/c7-6(8,9)4-3-11-2-1-5(4)10/h4-5,11H,1-3,10H2. The van der Waals surface area contributed by atoms with Gasteiger partial charge in [0.15, 0.2) is 0 Å². The van der Waals surface area contributed by atoms with Gasteiger partial charge in [0.25, 0.3) is 0 Å². The topological polar surface area (TPSA) is 38.0 Å². The minimum Gasteiger partial charge on any atom is -0.327 e. The van der Waals surface area contributed by atoms with E-state index < -0.39 is 18.1 Å². The molecule has 0 bridgehead atoms. The van der Waals surface area contributed by atoms with Crippen LogP contribution in [0, 0.1) is 5.92 Å². The van der Waals surface area contributed by atoms with Gasteiger partial charge in [-0.15, -0.1) is 0 Å². The summed E-state index contributed by atoms with van der Waals surface area (Å²) in [6, 6.07) is -0.726. The normalized spacial score (nSPS) is 33.8. The first-order valence-corrected chi connectivity index (χ1v) is 3.55. The number of hydrogen-bond acceptors (Lipinski definition) is 2. The molecule has 0 aromatic carbocycles. The van der Waals surface area contributed by atoms with Crippen molar-refractivity contribution in [2.24, 2.45) is 11.7 Å². The fraction of sp³-hybridized carbons (Fsp3) is 1.00. The van der Waals surface area contributed by atoms with E-state index in [9.17, 15) is 13.2 Å². The maximum atomic E-state index is 12.1. The van der Waals surface area contributed by atoms with Crippen LogP contribution in [0.5, 0.6) is 0 Å². The van der Waals surface area contributed by atoms with Gasteiger partial charge in [-0.25, -0.2) is 0 Å². The second-order valence-electron chi connectivity index (χ2n) is 2.80. The van der Waals surface area contributed by atoms with E-state index >= 15 is 0 Å². The Morgan fingerprint density at radius 1 is 1.36 bits per heavy atom. The van der Waals surface area contributed by atoms with Crippen LogP contribution in [-0.4, -0.2) is 25.3 Å². The molecule has 0 spiro atoms. The molecule has 0 aliphatic carbocycles. The van der Waals surface area contributed by atoms with Crippen LogP contribution in [0.4, 0.5) is 13.2 Å². The molecule has 0 radical (unpaired) electrons. The predicted octanol–water partition coefficient (Wildman–Crippen LogP) is 0.485. The van der Waals surface area contributed by atoms with Gasteiger partial charge in [0.05, 0.1) is 5.92 Å². The molecule has 0 aromatic heterocycles. The first-order valence-electron chi connectivity index (χ1n) is 3.55. The molecule has 0 amide bonds. The van der Waals surface area contributed by atoms with Crippen LogP contribution in [0.1, 0.15) is 6.42 Å². The lowest BCUT2D eigenvalue weighted by Crippen LogP contribution is -2.51. The molecule has 1 aliphatic heterocycles. The highest BCUT2D eigenvalue weighted by Crippen LogP contribution is 2.29. The zero-order valence-electron chi connectivity index (χ0n) is 5.99. The van der Waals surface area contributed by atoms with E-state index in [1.807, 2.05) is 0 Å². The first kappa shape index (κ1) is 8.80. The molecule has 1 fully saturated rings. The Morgan fingerprint density at radius 2 is 2.00 bits per heavy atom. The summed E-state index contributed by atoms with van der Waals surface area (Å²) in [4.78, 5) is 0. The fourth-order valence-electron chi connectivity index (χ4n) is 1.24. The van der Waals surface area contributed by atoms with Crippen LogP contribution in [0.3, 0.4) is 0 Å². The van der Waals surface area contributed by atoms with Crippen molar-refractivity contribution in [3.05, 3.63) is 0 Å². The molecule has 1 saturated heterocycles. The SMILES string of the molecule is NC1CCNCC1C(F)(F)F. The number of piperidine rings is 1. The van der Waals surface area contributed by atoms with Gasteiger partial charge in [-0.3, -0.25) is 0 Å². The minimum atomic E-state index is -4.15. The van der Waals surface area contributed by atoms with Gasteiger partial charge in [-0.05, 0) is 13.0 Å². The minimum absolute atomic E-state index is 0.0370. The Labute approximate surface area is 62.9 Å². The van der Waals surface area contributed by atoms with Crippen LogP contribution in [0.25, 0.3) is 0 Å². The average Bonchev–Trinajstić information content (AvgIpc) is 1.86. The molecule has 2 atom stereocenters. The highest BCUT2D eigenvalue weighted by atomic mass is 19.4. The summed E-state index contributed by atoms with van der Waals surface area (Å²) in [5.74, 6) is -1.36. The maximum absolute atomic E-state index is 12.1. The van der Waals surface area contributed by atoms with Crippen molar-refractivity contribution in [2.75, 3.05) is 13.1 Å². The number of nitrogens with two attached hydrogens (primary N) is 1. The van der Waals surface area contributed by atoms with Crippen LogP contribution in [0.15, 0.2) is 0 Å². The van der Waals surface area contributed by atoms with E-state index in [2.05, 4.69) is 5.32 Å². The molecule has 0 aromatic rings. The average molecular weight is 168 g/mol. The number of rotatable bonds is 0. The first-order chi connectivity index (χ1) is 5.02. The molecule has 11 heavy (non-hydrogen) atoms. The zero-order valence-corrected chi connectivity index (χ0v) is 5.99. The van der Waals surface area contributed by atoms with Gasteiger partial charge < -0.3 is 11.1 Å². The lowest BCUT2D eigenvalue weighted by Gasteiger charge is -2.30. The Kier molecular flexibility index (Phi) is 2.39. The summed E-state index contributed by atoms with van der Waals surface area (Å²) in [5.41, 5.74) is 5.31. The molecule has 5 heteroatoms. The van der Waals surface area contributed by atoms with Crippen molar-refractivity contribution in [2.45, 2.75) is 18.6 Å². The number of hydrogen-bond donors (Lipinski definition) is 2. The Morgan fingerprint density at radius 3 is 2.36 bits per heavy atom. The van der Waals surface area contributed by atoms with Gasteiger partial charge in [-0.1, -0.05) is 0 Å². The summed E-state index contributed by atoms with van der Waals surface area (Å²) >= 11 is 0. The van der Waals surface area contributed by atoms with Crippen LogP contribution < -0.4 is 11.1 Å². The summed E-state index contributed by atoms with van der Waals surface area (Å²) in [7, 11) is 0. The molecule has 1 rings (SSSR count). The smallest absolute Gasteiger partial charge is 0.327 e.